The monoisotopic (exact) mass is 518 g/mol. The van der Waals surface area contributed by atoms with Crippen LogP contribution in [0.25, 0.3) is 0 Å². The summed E-state index contributed by atoms with van der Waals surface area (Å²) in [7, 11) is 0. The third-order valence-electron chi connectivity index (χ3n) is 8.43. The van der Waals surface area contributed by atoms with Gasteiger partial charge < -0.3 is 0 Å². The minimum absolute atomic E-state index is 0.130. The van der Waals surface area contributed by atoms with Crippen molar-refractivity contribution in [1.82, 2.24) is 9.80 Å². The van der Waals surface area contributed by atoms with Crippen molar-refractivity contribution in [3.8, 4) is 12.1 Å². The molecular weight excluding hydrogens is 491 g/mol. The Balaban J connectivity index is 1.78. The zero-order valence-corrected chi connectivity index (χ0v) is 22.1. The fourth-order valence-electron chi connectivity index (χ4n) is 7.00. The van der Waals surface area contributed by atoms with Crippen LogP contribution in [-0.2, 0) is 5.54 Å². The topological polar surface area (TPSA) is 71.1 Å². The van der Waals surface area contributed by atoms with Gasteiger partial charge in [0, 0.05) is 32.6 Å². The van der Waals surface area contributed by atoms with Crippen molar-refractivity contribution in [2.45, 2.75) is 56.3 Å². The first kappa shape index (κ1) is 25.0. The van der Waals surface area contributed by atoms with E-state index in [4.69, 9.17) is 23.2 Å². The van der Waals surface area contributed by atoms with E-state index in [1.165, 1.54) is 0 Å². The minimum atomic E-state index is -1.45. The molecule has 3 heterocycles. The molecule has 0 amide bonds. The average molecular weight is 519 g/mol. The van der Waals surface area contributed by atoms with E-state index in [1.807, 2.05) is 49.1 Å². The van der Waals surface area contributed by atoms with Gasteiger partial charge in [-0.1, -0.05) is 48.3 Å². The number of nitriles is 2. The Kier molecular flexibility index (Phi) is 6.05. The van der Waals surface area contributed by atoms with Gasteiger partial charge in [0.1, 0.15) is 12.1 Å². The third-order valence-corrected chi connectivity index (χ3v) is 8.94. The molecule has 0 radical (unpaired) electrons. The lowest BCUT2D eigenvalue weighted by atomic mass is 9.75. The Morgan fingerprint density at radius 2 is 1.47 bits per heavy atom. The van der Waals surface area contributed by atoms with Gasteiger partial charge in [-0.3, -0.25) is 9.69 Å². The number of rotatable bonds is 4. The highest BCUT2D eigenvalue weighted by molar-refractivity contribution is 6.31. The summed E-state index contributed by atoms with van der Waals surface area (Å²) < 4.78 is 0. The maximum absolute atomic E-state index is 13.9. The number of ketones is 1. The average Bonchev–Trinajstić information content (AvgIpc) is 3.53. The van der Waals surface area contributed by atoms with Crippen LogP contribution in [0.2, 0.25) is 10.0 Å². The van der Waals surface area contributed by atoms with Crippen LogP contribution in [0.4, 0.5) is 0 Å². The normalized spacial score (nSPS) is 28.8. The van der Waals surface area contributed by atoms with E-state index < -0.39 is 16.6 Å². The maximum atomic E-state index is 13.9. The molecule has 3 aliphatic heterocycles. The molecule has 36 heavy (non-hydrogen) atoms. The van der Waals surface area contributed by atoms with Gasteiger partial charge in [-0.05, 0) is 81.7 Å². The molecule has 0 unspecified atom stereocenters. The van der Waals surface area contributed by atoms with Crippen LogP contribution in [0, 0.1) is 28.6 Å². The van der Waals surface area contributed by atoms with Gasteiger partial charge in [0.2, 0.25) is 5.54 Å². The number of carbonyl (C=O) groups is 1. The number of halogens is 2. The fraction of sp³-hybridized carbons (Fsp3) is 0.414. The molecule has 2 fully saturated rings. The second-order valence-electron chi connectivity index (χ2n) is 10.6. The molecule has 2 aromatic rings. The Hall–Kier alpha value is -2.67. The van der Waals surface area contributed by atoms with E-state index in [0.717, 1.165) is 31.5 Å². The van der Waals surface area contributed by atoms with Crippen molar-refractivity contribution in [2.24, 2.45) is 5.92 Å². The van der Waals surface area contributed by atoms with E-state index in [9.17, 15) is 15.3 Å². The second kappa shape index (κ2) is 8.72. The molecule has 7 heteroatoms. The second-order valence-corrected chi connectivity index (χ2v) is 11.5. The molecule has 2 aromatic carbocycles. The first-order valence-electron chi connectivity index (χ1n) is 12.3. The molecular formula is C29H28Cl2N4O. The fourth-order valence-corrected chi connectivity index (χ4v) is 7.25. The zero-order valence-electron chi connectivity index (χ0n) is 20.6. The Bertz CT molecular complexity index is 1300. The molecule has 184 valence electrons. The highest BCUT2D eigenvalue weighted by Crippen LogP contribution is 2.62. The number of benzene rings is 2. The van der Waals surface area contributed by atoms with Crippen molar-refractivity contribution in [1.29, 1.82) is 10.5 Å². The van der Waals surface area contributed by atoms with Crippen LogP contribution in [0.5, 0.6) is 0 Å². The van der Waals surface area contributed by atoms with Gasteiger partial charge in [-0.2, -0.15) is 10.5 Å². The molecule has 0 aliphatic carbocycles. The molecule has 3 aliphatic rings. The Labute approximate surface area is 222 Å². The number of hydrogen-bond acceptors (Lipinski definition) is 5. The van der Waals surface area contributed by atoms with Gasteiger partial charge >= 0.3 is 0 Å². The summed E-state index contributed by atoms with van der Waals surface area (Å²) in [6.07, 6.45) is 4.12. The minimum Gasteiger partial charge on any atom is -0.296 e. The lowest BCUT2D eigenvalue weighted by molar-refractivity contribution is 0.0402. The molecule has 3 atom stereocenters. The number of hydrogen-bond donors (Lipinski definition) is 0. The summed E-state index contributed by atoms with van der Waals surface area (Å²) in [6, 6.07) is 19.0. The van der Waals surface area contributed by atoms with E-state index >= 15 is 0 Å². The van der Waals surface area contributed by atoms with Gasteiger partial charge in [0.25, 0.3) is 0 Å². The predicted octanol–water partition coefficient (Wildman–Crippen LogP) is 5.99. The molecule has 0 saturated carbocycles. The number of fused-ring (bicyclic) bond motifs is 1. The smallest absolute Gasteiger partial charge is 0.213 e. The molecule has 2 saturated heterocycles. The number of carbonyl (C=O) groups excluding carboxylic acids is 1. The summed E-state index contributed by atoms with van der Waals surface area (Å²) >= 11 is 12.3. The van der Waals surface area contributed by atoms with Crippen molar-refractivity contribution in [3.05, 3.63) is 81.4 Å². The number of likely N-dealkylation sites (tertiary alicyclic amines) is 1. The zero-order chi connectivity index (χ0) is 25.9. The van der Waals surface area contributed by atoms with Gasteiger partial charge in [-0.15, -0.1) is 0 Å². The van der Waals surface area contributed by atoms with Crippen molar-refractivity contribution < 1.29 is 4.79 Å². The predicted molar refractivity (Wildman–Crippen MR) is 141 cm³/mol. The van der Waals surface area contributed by atoms with Gasteiger partial charge in [0.05, 0.1) is 11.6 Å². The first-order chi connectivity index (χ1) is 17.1. The highest BCUT2D eigenvalue weighted by atomic mass is 35.5. The third kappa shape index (κ3) is 3.31. The molecule has 5 rings (SSSR count). The van der Waals surface area contributed by atoms with Crippen LogP contribution in [-0.4, -0.2) is 45.8 Å². The first-order valence-corrected chi connectivity index (χ1v) is 13.1. The largest absolute Gasteiger partial charge is 0.296 e. The van der Waals surface area contributed by atoms with E-state index in [-0.39, 0.29) is 17.7 Å². The van der Waals surface area contributed by atoms with Crippen molar-refractivity contribution in [3.63, 3.8) is 0 Å². The van der Waals surface area contributed by atoms with Crippen LogP contribution in [0.3, 0.4) is 0 Å². The molecule has 0 spiro atoms. The Morgan fingerprint density at radius 3 is 2.00 bits per heavy atom. The van der Waals surface area contributed by atoms with Gasteiger partial charge in [0.15, 0.2) is 5.78 Å². The summed E-state index contributed by atoms with van der Waals surface area (Å²) in [4.78, 5) is 18.3. The van der Waals surface area contributed by atoms with E-state index in [2.05, 4.69) is 24.0 Å². The lowest BCUT2D eigenvalue weighted by Crippen LogP contribution is -2.62. The van der Waals surface area contributed by atoms with Gasteiger partial charge in [-0.25, -0.2) is 4.90 Å². The SMILES string of the molecule is C[C@@H]1[C@H](N2CCCC2)C(C#N)(C#N)N2C(C)(C)C(C(=O)c3ccc(Cl)cc3)=C[C@]12c1ccc(Cl)cc1. The van der Waals surface area contributed by atoms with Crippen molar-refractivity contribution in [2.75, 3.05) is 13.1 Å². The Morgan fingerprint density at radius 1 is 0.944 bits per heavy atom. The molecule has 0 bridgehead atoms. The molecule has 0 aromatic heterocycles. The quantitative estimate of drug-likeness (QED) is 0.464. The van der Waals surface area contributed by atoms with E-state index in [1.54, 1.807) is 24.3 Å². The maximum Gasteiger partial charge on any atom is 0.213 e. The summed E-state index contributed by atoms with van der Waals surface area (Å²) in [5.74, 6) is -0.278. The van der Waals surface area contributed by atoms with Crippen LogP contribution in [0.1, 0.15) is 49.5 Å². The lowest BCUT2D eigenvalue weighted by Gasteiger charge is -2.46. The summed E-state index contributed by atoms with van der Waals surface area (Å²) in [5.41, 5.74) is -1.18. The standard InChI is InChI=1S/C29H28Cl2N4O/c1-19-26(34-14-4-5-15-34)28(17-32,18-33)35-27(2,3)24(25(36)20-6-10-22(30)11-7-20)16-29(19,35)21-8-12-23(31)13-9-21/h6-13,16,19,26H,4-5,14-15H2,1-3H3/t19-,26+,29-/m1/s1. The summed E-state index contributed by atoms with van der Waals surface area (Å²) in [6.45, 7) is 7.72. The van der Waals surface area contributed by atoms with Crippen LogP contribution in [0.15, 0.2) is 60.2 Å². The molecule has 0 N–H and O–H groups in total. The van der Waals surface area contributed by atoms with Crippen LogP contribution >= 0.6 is 23.2 Å². The van der Waals surface area contributed by atoms with E-state index in [0.29, 0.717) is 21.2 Å². The van der Waals surface area contributed by atoms with Crippen LogP contribution < -0.4 is 0 Å². The molecule has 5 nitrogen and oxygen atoms in total. The number of nitrogens with zero attached hydrogens (tertiary/aromatic N) is 4. The van der Waals surface area contributed by atoms with Crippen molar-refractivity contribution >= 4 is 29.0 Å². The summed E-state index contributed by atoms with van der Waals surface area (Å²) in [5, 5.41) is 22.6. The number of Topliss-reactive ketones (excluding diaryl/α,β-unsaturated/α-hetero) is 1. The highest BCUT2D eigenvalue weighted by Gasteiger charge is 2.73.